The molecule has 1 atom stereocenters. The van der Waals surface area contributed by atoms with Gasteiger partial charge in [0.05, 0.1) is 16.0 Å². The van der Waals surface area contributed by atoms with Crippen LogP contribution in [0.25, 0.3) is 17.1 Å². The number of halogens is 1. The van der Waals surface area contributed by atoms with Gasteiger partial charge in [-0.3, -0.25) is 14.9 Å². The third kappa shape index (κ3) is 4.38. The Bertz CT molecular complexity index is 1330. The van der Waals surface area contributed by atoms with Gasteiger partial charge in [-0.25, -0.2) is 4.98 Å². The molecule has 0 aliphatic rings. The minimum absolute atomic E-state index is 0.0441. The Balaban J connectivity index is 1.64. The highest BCUT2D eigenvalue weighted by Crippen LogP contribution is 2.26. The molecule has 0 saturated heterocycles. The van der Waals surface area contributed by atoms with Gasteiger partial charge in [0.15, 0.2) is 0 Å². The average Bonchev–Trinajstić information content (AvgIpc) is 3.13. The highest BCUT2D eigenvalue weighted by Gasteiger charge is 2.22. The highest BCUT2D eigenvalue weighted by atomic mass is 35.5. The number of para-hydroxylation sites is 2. The van der Waals surface area contributed by atoms with Crippen molar-refractivity contribution in [2.45, 2.75) is 6.04 Å². The van der Waals surface area contributed by atoms with E-state index in [-0.39, 0.29) is 16.6 Å². The smallest absolute Gasteiger partial charge is 0.288 e. The maximum atomic E-state index is 12.8. The molecule has 32 heavy (non-hydrogen) atoms. The first kappa shape index (κ1) is 21.3. The number of nitrogens with zero attached hydrogens (tertiary/aromatic N) is 3. The molecular formula is C24H19ClN4O3. The lowest BCUT2D eigenvalue weighted by atomic mass is 10.1. The molecular weight excluding hydrogens is 428 g/mol. The molecule has 7 nitrogen and oxygen atoms in total. The molecule has 0 aliphatic carbocycles. The predicted octanol–water partition coefficient (Wildman–Crippen LogP) is 5.05. The summed E-state index contributed by atoms with van der Waals surface area (Å²) in [4.78, 5) is 28.1. The quantitative estimate of drug-likeness (QED) is 0.255. The number of amides is 1. The molecule has 1 amide bonds. The number of hydrogen-bond donors (Lipinski definition) is 1. The lowest BCUT2D eigenvalue weighted by Crippen LogP contribution is -2.29. The third-order valence-electron chi connectivity index (χ3n) is 5.09. The average molecular weight is 447 g/mol. The van der Waals surface area contributed by atoms with Crippen LogP contribution in [0.5, 0.6) is 0 Å². The Labute approximate surface area is 189 Å². The van der Waals surface area contributed by atoms with Crippen molar-refractivity contribution in [2.75, 3.05) is 0 Å². The SMILES string of the molecule is Cn1c(C(NC(=O)/C=C/c2ccc(Cl)c([N+](=O)[O-])c2)c2ccccc2)nc2ccccc21. The fourth-order valence-electron chi connectivity index (χ4n) is 3.50. The standard InChI is InChI=1S/C24H19ClN4O3/c1-28-20-10-6-5-9-19(20)26-24(28)23(17-7-3-2-4-8-17)27-22(30)14-12-16-11-13-18(25)21(15-16)29(31)32/h2-15,23H,1H3,(H,27,30)/b14-12+. The van der Waals surface area contributed by atoms with Crippen molar-refractivity contribution in [3.8, 4) is 0 Å². The van der Waals surface area contributed by atoms with Crippen molar-refractivity contribution in [3.63, 3.8) is 0 Å². The van der Waals surface area contributed by atoms with Crippen LogP contribution in [-0.4, -0.2) is 20.4 Å². The van der Waals surface area contributed by atoms with E-state index in [0.29, 0.717) is 11.4 Å². The Hall–Kier alpha value is -3.97. The maximum absolute atomic E-state index is 12.8. The van der Waals surface area contributed by atoms with E-state index in [0.717, 1.165) is 16.6 Å². The summed E-state index contributed by atoms with van der Waals surface area (Å²) in [7, 11) is 1.91. The first-order chi connectivity index (χ1) is 15.4. The Kier molecular flexibility index (Phi) is 6.00. The van der Waals surface area contributed by atoms with Gasteiger partial charge in [0.2, 0.25) is 5.91 Å². The van der Waals surface area contributed by atoms with E-state index in [1.807, 2.05) is 66.2 Å². The summed E-state index contributed by atoms with van der Waals surface area (Å²) in [5.41, 5.74) is 2.96. The molecule has 160 valence electrons. The number of imidazole rings is 1. The van der Waals surface area contributed by atoms with E-state index in [1.54, 1.807) is 6.07 Å². The van der Waals surface area contributed by atoms with Gasteiger partial charge in [0.25, 0.3) is 5.69 Å². The molecule has 0 aliphatic heterocycles. The Morgan fingerprint density at radius 1 is 1.12 bits per heavy atom. The van der Waals surface area contributed by atoms with Crippen molar-refractivity contribution in [3.05, 3.63) is 111 Å². The topological polar surface area (TPSA) is 90.1 Å². The number of carbonyl (C=O) groups is 1. The van der Waals surface area contributed by atoms with Gasteiger partial charge in [-0.2, -0.15) is 0 Å². The van der Waals surface area contributed by atoms with Crippen molar-refractivity contribution in [1.82, 2.24) is 14.9 Å². The number of nitrogens with one attached hydrogen (secondary N) is 1. The predicted molar refractivity (Wildman–Crippen MR) is 124 cm³/mol. The number of rotatable bonds is 6. The Morgan fingerprint density at radius 2 is 1.84 bits per heavy atom. The number of benzene rings is 3. The molecule has 1 unspecified atom stereocenters. The summed E-state index contributed by atoms with van der Waals surface area (Å²) in [6, 6.07) is 21.2. The second kappa shape index (κ2) is 9.03. The van der Waals surface area contributed by atoms with Crippen molar-refractivity contribution >= 4 is 40.3 Å². The van der Waals surface area contributed by atoms with E-state index in [2.05, 4.69) is 5.32 Å². The van der Waals surface area contributed by atoms with Gasteiger partial charge in [0, 0.05) is 19.2 Å². The van der Waals surface area contributed by atoms with Crippen LogP contribution in [0.3, 0.4) is 0 Å². The summed E-state index contributed by atoms with van der Waals surface area (Å²) in [5, 5.41) is 14.1. The highest BCUT2D eigenvalue weighted by molar-refractivity contribution is 6.32. The fraction of sp³-hybridized carbons (Fsp3) is 0.0833. The van der Waals surface area contributed by atoms with Crippen molar-refractivity contribution < 1.29 is 9.72 Å². The molecule has 0 bridgehead atoms. The molecule has 3 aromatic carbocycles. The molecule has 0 fully saturated rings. The summed E-state index contributed by atoms with van der Waals surface area (Å²) >= 11 is 5.85. The molecule has 4 rings (SSSR count). The second-order valence-corrected chi connectivity index (χ2v) is 7.58. The largest absolute Gasteiger partial charge is 0.339 e. The molecule has 0 saturated carbocycles. The van der Waals surface area contributed by atoms with E-state index in [9.17, 15) is 14.9 Å². The molecule has 8 heteroatoms. The lowest BCUT2D eigenvalue weighted by molar-refractivity contribution is -0.384. The Morgan fingerprint density at radius 3 is 2.56 bits per heavy atom. The van der Waals surface area contributed by atoms with Crippen LogP contribution in [0.1, 0.15) is 23.0 Å². The number of fused-ring (bicyclic) bond motifs is 1. The van der Waals surface area contributed by atoms with Crippen LogP contribution in [0.15, 0.2) is 78.9 Å². The summed E-state index contributed by atoms with van der Waals surface area (Å²) < 4.78 is 1.96. The maximum Gasteiger partial charge on any atom is 0.288 e. The van der Waals surface area contributed by atoms with Gasteiger partial charge in [0.1, 0.15) is 16.9 Å². The van der Waals surface area contributed by atoms with Gasteiger partial charge < -0.3 is 9.88 Å². The monoisotopic (exact) mass is 446 g/mol. The van der Waals surface area contributed by atoms with Gasteiger partial charge in [-0.05, 0) is 35.4 Å². The lowest BCUT2D eigenvalue weighted by Gasteiger charge is -2.18. The number of aromatic nitrogens is 2. The summed E-state index contributed by atoms with van der Waals surface area (Å²) in [6.45, 7) is 0. The van der Waals surface area contributed by atoms with Crippen LogP contribution < -0.4 is 5.32 Å². The minimum Gasteiger partial charge on any atom is -0.339 e. The molecule has 0 spiro atoms. The number of nitro groups is 1. The number of nitro benzene ring substituents is 1. The first-order valence-electron chi connectivity index (χ1n) is 9.83. The number of aryl methyl sites for hydroxylation is 1. The second-order valence-electron chi connectivity index (χ2n) is 7.17. The molecule has 0 radical (unpaired) electrons. The van der Waals surface area contributed by atoms with E-state index < -0.39 is 11.0 Å². The van der Waals surface area contributed by atoms with Crippen molar-refractivity contribution in [1.29, 1.82) is 0 Å². The van der Waals surface area contributed by atoms with Gasteiger partial charge in [-0.15, -0.1) is 0 Å². The zero-order chi connectivity index (χ0) is 22.7. The number of hydrogen-bond acceptors (Lipinski definition) is 4. The molecule has 4 aromatic rings. The van der Waals surface area contributed by atoms with Crippen LogP contribution in [0.4, 0.5) is 5.69 Å². The normalized spacial score (nSPS) is 12.2. The van der Waals surface area contributed by atoms with Crippen LogP contribution >= 0.6 is 11.6 Å². The molecule has 1 N–H and O–H groups in total. The zero-order valence-electron chi connectivity index (χ0n) is 17.1. The van der Waals surface area contributed by atoms with E-state index >= 15 is 0 Å². The van der Waals surface area contributed by atoms with E-state index in [1.165, 1.54) is 24.3 Å². The molecule has 1 aromatic heterocycles. The van der Waals surface area contributed by atoms with Crippen molar-refractivity contribution in [2.24, 2.45) is 7.05 Å². The van der Waals surface area contributed by atoms with Crippen LogP contribution in [-0.2, 0) is 11.8 Å². The van der Waals surface area contributed by atoms with E-state index in [4.69, 9.17) is 16.6 Å². The summed E-state index contributed by atoms with van der Waals surface area (Å²) in [5.74, 6) is 0.338. The van der Waals surface area contributed by atoms with Crippen LogP contribution in [0, 0.1) is 10.1 Å². The zero-order valence-corrected chi connectivity index (χ0v) is 17.9. The number of carbonyl (C=O) groups excluding carboxylic acids is 1. The first-order valence-corrected chi connectivity index (χ1v) is 10.2. The third-order valence-corrected chi connectivity index (χ3v) is 5.41. The van der Waals surface area contributed by atoms with Crippen LogP contribution in [0.2, 0.25) is 5.02 Å². The fourth-order valence-corrected chi connectivity index (χ4v) is 3.69. The van der Waals surface area contributed by atoms with Gasteiger partial charge >= 0.3 is 0 Å². The molecule has 1 heterocycles. The minimum atomic E-state index is -0.559. The summed E-state index contributed by atoms with van der Waals surface area (Å²) in [6.07, 6.45) is 2.85. The van der Waals surface area contributed by atoms with Gasteiger partial charge in [-0.1, -0.05) is 60.1 Å².